The third-order valence-electron chi connectivity index (χ3n) is 4.67. The molecule has 0 saturated carbocycles. The molecule has 1 aliphatic heterocycles. The minimum Gasteiger partial charge on any atom is -0.391 e. The zero-order valence-corrected chi connectivity index (χ0v) is 14.9. The van der Waals surface area contributed by atoms with Gasteiger partial charge in [0.1, 0.15) is 0 Å². The summed E-state index contributed by atoms with van der Waals surface area (Å²) in [4.78, 5) is 14.4. The predicted molar refractivity (Wildman–Crippen MR) is 97.4 cm³/mol. The number of aliphatic hydroxyl groups excluding tert-OH is 1. The molecule has 1 aromatic carbocycles. The molecule has 0 aliphatic carbocycles. The monoisotopic (exact) mass is 342 g/mol. The molecule has 2 heterocycles. The molecule has 1 aromatic heterocycles. The van der Waals surface area contributed by atoms with Gasteiger partial charge < -0.3 is 15.3 Å². The number of piperidine rings is 1. The van der Waals surface area contributed by atoms with Gasteiger partial charge in [-0.25, -0.2) is 0 Å². The summed E-state index contributed by atoms with van der Waals surface area (Å²) < 4.78 is 1.79. The van der Waals surface area contributed by atoms with Crippen LogP contribution in [0.3, 0.4) is 0 Å². The van der Waals surface area contributed by atoms with Crippen molar-refractivity contribution in [1.82, 2.24) is 14.7 Å². The highest BCUT2D eigenvalue weighted by atomic mass is 16.3. The Kier molecular flexibility index (Phi) is 5.38. The second kappa shape index (κ2) is 7.70. The topological polar surface area (TPSA) is 70.4 Å². The van der Waals surface area contributed by atoms with Crippen LogP contribution in [0, 0.1) is 0 Å². The van der Waals surface area contributed by atoms with Crippen molar-refractivity contribution in [2.24, 2.45) is 7.05 Å². The summed E-state index contributed by atoms with van der Waals surface area (Å²) in [7, 11) is 1.91. The molecule has 2 atom stereocenters. The first kappa shape index (κ1) is 17.5. The number of anilines is 1. The van der Waals surface area contributed by atoms with Crippen molar-refractivity contribution in [3.63, 3.8) is 0 Å². The van der Waals surface area contributed by atoms with Crippen molar-refractivity contribution < 1.29 is 9.90 Å². The number of aromatic nitrogens is 2. The van der Waals surface area contributed by atoms with E-state index in [1.807, 2.05) is 43.7 Å². The van der Waals surface area contributed by atoms with Gasteiger partial charge in [0.15, 0.2) is 0 Å². The van der Waals surface area contributed by atoms with E-state index in [-0.39, 0.29) is 11.9 Å². The fourth-order valence-corrected chi connectivity index (χ4v) is 3.31. The Morgan fingerprint density at radius 1 is 1.48 bits per heavy atom. The number of rotatable bonds is 5. The van der Waals surface area contributed by atoms with Crippen molar-refractivity contribution in [1.29, 1.82) is 0 Å². The highest BCUT2D eigenvalue weighted by Gasteiger charge is 2.23. The largest absolute Gasteiger partial charge is 0.391 e. The Bertz CT molecular complexity index is 728. The van der Waals surface area contributed by atoms with Crippen LogP contribution in [-0.4, -0.2) is 44.9 Å². The van der Waals surface area contributed by atoms with E-state index >= 15 is 0 Å². The first-order chi connectivity index (χ1) is 12.1. The molecule has 1 saturated heterocycles. The summed E-state index contributed by atoms with van der Waals surface area (Å²) in [6.07, 6.45) is 6.01. The van der Waals surface area contributed by atoms with Crippen LogP contribution in [0.2, 0.25) is 0 Å². The fraction of sp³-hybridized carbons (Fsp3) is 0.474. The molecule has 6 heteroatoms. The number of hydrogen-bond acceptors (Lipinski definition) is 4. The molecule has 2 unspecified atom stereocenters. The van der Waals surface area contributed by atoms with E-state index < -0.39 is 6.10 Å². The maximum atomic E-state index is 12.7. The average molecular weight is 342 g/mol. The first-order valence-corrected chi connectivity index (χ1v) is 8.89. The summed E-state index contributed by atoms with van der Waals surface area (Å²) in [5.74, 6) is -0.0168. The lowest BCUT2D eigenvalue weighted by Crippen LogP contribution is -2.42. The second-order valence-electron chi connectivity index (χ2n) is 6.68. The molecule has 0 spiro atoms. The van der Waals surface area contributed by atoms with E-state index in [0.717, 1.165) is 30.5 Å². The van der Waals surface area contributed by atoms with E-state index in [1.165, 1.54) is 0 Å². The van der Waals surface area contributed by atoms with E-state index in [0.29, 0.717) is 18.7 Å². The minimum absolute atomic E-state index is 0.0168. The van der Waals surface area contributed by atoms with Crippen LogP contribution in [0.15, 0.2) is 36.7 Å². The van der Waals surface area contributed by atoms with Crippen LogP contribution >= 0.6 is 0 Å². The zero-order valence-electron chi connectivity index (χ0n) is 14.9. The molecule has 25 heavy (non-hydrogen) atoms. The number of benzene rings is 1. The van der Waals surface area contributed by atoms with Crippen LogP contribution in [0.4, 0.5) is 5.69 Å². The molecule has 134 valence electrons. The predicted octanol–water partition coefficient (Wildman–Crippen LogP) is 2.58. The minimum atomic E-state index is -0.408. The summed E-state index contributed by atoms with van der Waals surface area (Å²) in [6, 6.07) is 7.74. The summed E-state index contributed by atoms with van der Waals surface area (Å²) in [5.41, 5.74) is 2.69. The third kappa shape index (κ3) is 4.20. The Morgan fingerprint density at radius 2 is 2.32 bits per heavy atom. The quantitative estimate of drug-likeness (QED) is 0.876. The SMILES string of the molecule is CCC(Nc1cccc(C(=O)N2CCCC(O)C2)c1)c1cnn(C)c1. The van der Waals surface area contributed by atoms with Crippen molar-refractivity contribution in [2.75, 3.05) is 18.4 Å². The molecule has 2 aromatic rings. The lowest BCUT2D eigenvalue weighted by atomic mass is 10.1. The van der Waals surface area contributed by atoms with E-state index in [4.69, 9.17) is 0 Å². The second-order valence-corrected chi connectivity index (χ2v) is 6.68. The maximum Gasteiger partial charge on any atom is 0.254 e. The number of β-amino-alcohol motifs (C(OH)–C–C–N with tert-alkyl or cyclic N) is 1. The van der Waals surface area contributed by atoms with Crippen molar-refractivity contribution >= 4 is 11.6 Å². The first-order valence-electron chi connectivity index (χ1n) is 8.89. The number of likely N-dealkylation sites (tertiary alicyclic amines) is 1. The molecule has 0 radical (unpaired) electrons. The Hall–Kier alpha value is -2.34. The van der Waals surface area contributed by atoms with Gasteiger partial charge in [-0.2, -0.15) is 5.10 Å². The number of amides is 1. The lowest BCUT2D eigenvalue weighted by molar-refractivity contribution is 0.0474. The van der Waals surface area contributed by atoms with Crippen LogP contribution < -0.4 is 5.32 Å². The van der Waals surface area contributed by atoms with Crippen molar-refractivity contribution in [2.45, 2.75) is 38.3 Å². The highest BCUT2D eigenvalue weighted by molar-refractivity contribution is 5.95. The number of nitrogens with one attached hydrogen (secondary N) is 1. The molecule has 2 N–H and O–H groups in total. The average Bonchev–Trinajstić information content (AvgIpc) is 3.05. The number of aliphatic hydroxyl groups is 1. The van der Waals surface area contributed by atoms with Crippen molar-refractivity contribution in [3.05, 3.63) is 47.8 Å². The summed E-state index contributed by atoms with van der Waals surface area (Å²) in [6.45, 7) is 3.25. The van der Waals surface area contributed by atoms with Crippen LogP contribution in [0.25, 0.3) is 0 Å². The van der Waals surface area contributed by atoms with Crippen molar-refractivity contribution in [3.8, 4) is 0 Å². The van der Waals surface area contributed by atoms with Gasteiger partial charge in [-0.05, 0) is 37.5 Å². The number of carbonyl (C=O) groups is 1. The molecule has 6 nitrogen and oxygen atoms in total. The molecule has 0 bridgehead atoms. The van der Waals surface area contributed by atoms with Crippen LogP contribution in [0.5, 0.6) is 0 Å². The molecule has 1 aliphatic rings. The smallest absolute Gasteiger partial charge is 0.254 e. The highest BCUT2D eigenvalue weighted by Crippen LogP contribution is 2.23. The van der Waals surface area contributed by atoms with Gasteiger partial charge in [0.25, 0.3) is 5.91 Å². The number of hydrogen-bond donors (Lipinski definition) is 2. The molecule has 3 rings (SSSR count). The number of aryl methyl sites for hydroxylation is 1. The number of nitrogens with zero attached hydrogens (tertiary/aromatic N) is 3. The standard InChI is InChI=1S/C19H26N4O2/c1-3-18(15-11-20-22(2)12-15)21-16-7-4-6-14(10-16)19(25)23-9-5-8-17(24)13-23/h4,6-7,10-12,17-18,21,24H,3,5,8-9,13H2,1-2H3. The molecule has 1 amide bonds. The molecular formula is C19H26N4O2. The summed E-state index contributed by atoms with van der Waals surface area (Å²) >= 11 is 0. The lowest BCUT2D eigenvalue weighted by Gasteiger charge is -2.30. The Labute approximate surface area is 148 Å². The fourth-order valence-electron chi connectivity index (χ4n) is 3.31. The van der Waals surface area contributed by atoms with Gasteiger partial charge in [-0.15, -0.1) is 0 Å². The molecule has 1 fully saturated rings. The van der Waals surface area contributed by atoms with E-state index in [2.05, 4.69) is 17.3 Å². The zero-order chi connectivity index (χ0) is 17.8. The van der Waals surface area contributed by atoms with Gasteiger partial charge in [-0.1, -0.05) is 13.0 Å². The van der Waals surface area contributed by atoms with Gasteiger partial charge in [0.2, 0.25) is 0 Å². The van der Waals surface area contributed by atoms with Crippen LogP contribution in [0.1, 0.15) is 48.1 Å². The number of carbonyl (C=O) groups excluding carboxylic acids is 1. The van der Waals surface area contributed by atoms with Gasteiger partial charge in [0.05, 0.1) is 18.3 Å². The van der Waals surface area contributed by atoms with E-state index in [1.54, 1.807) is 9.58 Å². The normalized spacial score (nSPS) is 18.8. The van der Waals surface area contributed by atoms with Gasteiger partial charge in [0, 0.05) is 43.1 Å². The van der Waals surface area contributed by atoms with Gasteiger partial charge >= 0.3 is 0 Å². The maximum absolute atomic E-state index is 12.7. The molecular weight excluding hydrogens is 316 g/mol. The third-order valence-corrected chi connectivity index (χ3v) is 4.67. The Balaban J connectivity index is 1.73. The Morgan fingerprint density at radius 3 is 3.00 bits per heavy atom. The summed E-state index contributed by atoms with van der Waals surface area (Å²) in [5, 5.41) is 17.5. The van der Waals surface area contributed by atoms with Crippen LogP contribution in [-0.2, 0) is 7.05 Å². The van der Waals surface area contributed by atoms with E-state index in [9.17, 15) is 9.90 Å². The van der Waals surface area contributed by atoms with Gasteiger partial charge in [-0.3, -0.25) is 9.48 Å².